The number of hydrogen-bond donors (Lipinski definition) is 2. The number of amides is 3. The fourth-order valence-electron chi connectivity index (χ4n) is 3.19. The van der Waals surface area contributed by atoms with Crippen molar-refractivity contribution in [3.8, 4) is 5.75 Å². The van der Waals surface area contributed by atoms with Crippen LogP contribution in [0.4, 0.5) is 0 Å². The van der Waals surface area contributed by atoms with Gasteiger partial charge in [0, 0.05) is 26.1 Å². The van der Waals surface area contributed by atoms with Crippen LogP contribution in [0.1, 0.15) is 16.8 Å². The number of benzene rings is 1. The molecule has 1 aromatic carbocycles. The number of carbonyl (C=O) groups excluding carboxylic acids is 3. The van der Waals surface area contributed by atoms with Crippen LogP contribution in [0, 0.1) is 11.8 Å². The Morgan fingerprint density at radius 1 is 1.26 bits per heavy atom. The SMILES string of the molecule is NC(=O)c1ccccc1OCC(=O)N1C[C@H]2CC(=O)NC[C@H]2C1. The van der Waals surface area contributed by atoms with Crippen molar-refractivity contribution in [2.24, 2.45) is 17.6 Å². The molecule has 2 aliphatic rings. The molecule has 0 unspecified atom stereocenters. The molecule has 2 heterocycles. The largest absolute Gasteiger partial charge is 0.483 e. The number of primary amides is 1. The number of fused-ring (bicyclic) bond motifs is 1. The summed E-state index contributed by atoms with van der Waals surface area (Å²) >= 11 is 0. The molecule has 3 rings (SSSR count). The van der Waals surface area contributed by atoms with Gasteiger partial charge in [0.2, 0.25) is 5.91 Å². The zero-order chi connectivity index (χ0) is 16.4. The highest BCUT2D eigenvalue weighted by Gasteiger charge is 2.38. The summed E-state index contributed by atoms with van der Waals surface area (Å²) in [6, 6.07) is 6.57. The van der Waals surface area contributed by atoms with E-state index in [4.69, 9.17) is 10.5 Å². The first kappa shape index (κ1) is 15.3. The summed E-state index contributed by atoms with van der Waals surface area (Å²) in [7, 11) is 0. The van der Waals surface area contributed by atoms with Gasteiger partial charge in [-0.2, -0.15) is 0 Å². The quantitative estimate of drug-likeness (QED) is 0.800. The normalized spacial score (nSPS) is 23.1. The maximum absolute atomic E-state index is 12.3. The maximum Gasteiger partial charge on any atom is 0.260 e. The molecule has 0 radical (unpaired) electrons. The number of nitrogens with one attached hydrogen (secondary N) is 1. The Labute approximate surface area is 133 Å². The average molecular weight is 317 g/mol. The Balaban J connectivity index is 1.58. The summed E-state index contributed by atoms with van der Waals surface area (Å²) < 4.78 is 5.47. The number of hydrogen-bond acceptors (Lipinski definition) is 4. The first-order valence-electron chi connectivity index (χ1n) is 7.60. The van der Waals surface area contributed by atoms with Crippen LogP contribution in [-0.4, -0.2) is 48.9 Å². The summed E-state index contributed by atoms with van der Waals surface area (Å²) in [5.41, 5.74) is 5.54. The Hall–Kier alpha value is -2.57. The fourth-order valence-corrected chi connectivity index (χ4v) is 3.19. The van der Waals surface area contributed by atoms with E-state index in [9.17, 15) is 14.4 Å². The summed E-state index contributed by atoms with van der Waals surface area (Å²) in [6.07, 6.45) is 0.472. The predicted octanol–water partition coefficient (Wildman–Crippen LogP) is -0.241. The molecule has 122 valence electrons. The van der Waals surface area contributed by atoms with Gasteiger partial charge in [0.1, 0.15) is 5.75 Å². The number of likely N-dealkylation sites (tertiary alicyclic amines) is 1. The van der Waals surface area contributed by atoms with Crippen LogP contribution in [-0.2, 0) is 9.59 Å². The lowest BCUT2D eigenvalue weighted by Gasteiger charge is -2.23. The maximum atomic E-state index is 12.3. The second-order valence-electron chi connectivity index (χ2n) is 5.98. The molecule has 0 spiro atoms. The van der Waals surface area contributed by atoms with Crippen molar-refractivity contribution in [1.29, 1.82) is 0 Å². The number of carbonyl (C=O) groups is 3. The third kappa shape index (κ3) is 3.28. The van der Waals surface area contributed by atoms with Crippen molar-refractivity contribution in [3.63, 3.8) is 0 Å². The van der Waals surface area contributed by atoms with Gasteiger partial charge < -0.3 is 20.7 Å². The van der Waals surface area contributed by atoms with E-state index in [0.717, 1.165) is 0 Å². The van der Waals surface area contributed by atoms with Crippen LogP contribution in [0.2, 0.25) is 0 Å². The molecule has 2 atom stereocenters. The van der Waals surface area contributed by atoms with Crippen molar-refractivity contribution >= 4 is 17.7 Å². The van der Waals surface area contributed by atoms with Crippen LogP contribution >= 0.6 is 0 Å². The van der Waals surface area contributed by atoms with E-state index in [2.05, 4.69) is 5.32 Å². The van der Waals surface area contributed by atoms with E-state index >= 15 is 0 Å². The fraction of sp³-hybridized carbons (Fsp3) is 0.438. The highest BCUT2D eigenvalue weighted by Crippen LogP contribution is 2.28. The molecule has 2 saturated heterocycles. The minimum Gasteiger partial charge on any atom is -0.483 e. The summed E-state index contributed by atoms with van der Waals surface area (Å²) in [5, 5.41) is 2.83. The number of rotatable bonds is 4. The number of piperidine rings is 1. The highest BCUT2D eigenvalue weighted by atomic mass is 16.5. The molecule has 1 aromatic rings. The summed E-state index contributed by atoms with van der Waals surface area (Å²) in [6.45, 7) is 1.69. The molecule has 2 fully saturated rings. The summed E-state index contributed by atoms with van der Waals surface area (Å²) in [4.78, 5) is 36.8. The van der Waals surface area contributed by atoms with E-state index in [1.54, 1.807) is 29.2 Å². The van der Waals surface area contributed by atoms with Gasteiger partial charge in [-0.15, -0.1) is 0 Å². The monoisotopic (exact) mass is 317 g/mol. The molecule has 3 N–H and O–H groups in total. The zero-order valence-corrected chi connectivity index (χ0v) is 12.7. The van der Waals surface area contributed by atoms with Crippen molar-refractivity contribution < 1.29 is 19.1 Å². The van der Waals surface area contributed by atoms with Gasteiger partial charge in [-0.25, -0.2) is 0 Å². The third-order valence-electron chi connectivity index (χ3n) is 4.44. The van der Waals surface area contributed by atoms with Gasteiger partial charge in [-0.05, 0) is 24.0 Å². The predicted molar refractivity (Wildman–Crippen MR) is 81.6 cm³/mol. The zero-order valence-electron chi connectivity index (χ0n) is 12.7. The Morgan fingerprint density at radius 3 is 2.78 bits per heavy atom. The molecule has 0 aliphatic carbocycles. The van der Waals surface area contributed by atoms with Gasteiger partial charge in [-0.1, -0.05) is 12.1 Å². The molecule has 2 aliphatic heterocycles. The Morgan fingerprint density at radius 2 is 2.00 bits per heavy atom. The minimum atomic E-state index is -0.593. The molecule has 7 heteroatoms. The lowest BCUT2D eigenvalue weighted by molar-refractivity contribution is -0.132. The molecule has 0 aromatic heterocycles. The van der Waals surface area contributed by atoms with Gasteiger partial charge in [0.15, 0.2) is 6.61 Å². The van der Waals surface area contributed by atoms with Gasteiger partial charge in [-0.3, -0.25) is 14.4 Å². The van der Waals surface area contributed by atoms with Crippen LogP contribution in [0.3, 0.4) is 0 Å². The molecular formula is C16H19N3O4. The number of ether oxygens (including phenoxy) is 1. The molecule has 0 saturated carbocycles. The standard InChI is InChI=1S/C16H19N3O4/c17-16(22)12-3-1-2-4-13(12)23-9-15(21)19-7-10-5-14(20)18-6-11(10)8-19/h1-4,10-11H,5-9H2,(H2,17,22)(H,18,20)/t10-,11+/m1/s1. The van der Waals surface area contributed by atoms with Crippen molar-refractivity contribution in [2.75, 3.05) is 26.2 Å². The van der Waals surface area contributed by atoms with Gasteiger partial charge in [0.25, 0.3) is 11.8 Å². The molecule has 0 bridgehead atoms. The first-order chi connectivity index (χ1) is 11.0. The van der Waals surface area contributed by atoms with Crippen molar-refractivity contribution in [3.05, 3.63) is 29.8 Å². The smallest absolute Gasteiger partial charge is 0.260 e. The van der Waals surface area contributed by atoms with Crippen LogP contribution in [0.5, 0.6) is 5.75 Å². The average Bonchev–Trinajstić information content (AvgIpc) is 2.95. The second kappa shape index (κ2) is 6.28. The van der Waals surface area contributed by atoms with Gasteiger partial charge >= 0.3 is 0 Å². The minimum absolute atomic E-state index is 0.0483. The number of para-hydroxylation sites is 1. The Kier molecular flexibility index (Phi) is 4.18. The molecule has 7 nitrogen and oxygen atoms in total. The topological polar surface area (TPSA) is 102 Å². The van der Waals surface area contributed by atoms with E-state index < -0.39 is 5.91 Å². The second-order valence-corrected chi connectivity index (χ2v) is 5.98. The van der Waals surface area contributed by atoms with E-state index in [1.807, 2.05) is 0 Å². The third-order valence-corrected chi connectivity index (χ3v) is 4.44. The Bertz CT molecular complexity index is 646. The molecule has 23 heavy (non-hydrogen) atoms. The van der Waals surface area contributed by atoms with E-state index in [0.29, 0.717) is 37.7 Å². The highest BCUT2D eigenvalue weighted by molar-refractivity contribution is 5.95. The lowest BCUT2D eigenvalue weighted by Crippen LogP contribution is -2.40. The number of nitrogens with zero attached hydrogens (tertiary/aromatic N) is 1. The van der Waals surface area contributed by atoms with Crippen molar-refractivity contribution in [1.82, 2.24) is 10.2 Å². The van der Waals surface area contributed by atoms with E-state index in [-0.39, 0.29) is 29.9 Å². The van der Waals surface area contributed by atoms with Crippen LogP contribution in [0.25, 0.3) is 0 Å². The van der Waals surface area contributed by atoms with Crippen molar-refractivity contribution in [2.45, 2.75) is 6.42 Å². The lowest BCUT2D eigenvalue weighted by atomic mass is 9.89. The van der Waals surface area contributed by atoms with Crippen LogP contribution < -0.4 is 15.8 Å². The van der Waals surface area contributed by atoms with Gasteiger partial charge in [0.05, 0.1) is 5.56 Å². The van der Waals surface area contributed by atoms with E-state index in [1.165, 1.54) is 0 Å². The molecule has 3 amide bonds. The summed E-state index contributed by atoms with van der Waals surface area (Å²) in [5.74, 6) is 0.158. The first-order valence-corrected chi connectivity index (χ1v) is 7.60. The van der Waals surface area contributed by atoms with Crippen LogP contribution in [0.15, 0.2) is 24.3 Å². The number of nitrogens with two attached hydrogens (primary N) is 1. The molecular weight excluding hydrogens is 298 g/mol.